The average Bonchev–Trinajstić information content (AvgIpc) is 2.79. The van der Waals surface area contributed by atoms with Crippen molar-refractivity contribution in [2.45, 2.75) is 13.8 Å². The average molecular weight is 499 g/mol. The number of anilines is 1. The summed E-state index contributed by atoms with van der Waals surface area (Å²) in [6.45, 7) is 4.56. The van der Waals surface area contributed by atoms with Gasteiger partial charge in [-0.3, -0.25) is 14.9 Å². The molecule has 4 rings (SSSR count). The Morgan fingerprint density at radius 3 is 2.38 bits per heavy atom. The summed E-state index contributed by atoms with van der Waals surface area (Å²) in [4.78, 5) is 39.5. The van der Waals surface area contributed by atoms with Gasteiger partial charge in [-0.05, 0) is 67.1 Å². The number of nitrogens with zero attached hydrogens (tertiary/aromatic N) is 1. The molecule has 4 amide bonds. The van der Waals surface area contributed by atoms with Crippen molar-refractivity contribution < 1.29 is 23.9 Å². The molecule has 0 unspecified atom stereocenters. The van der Waals surface area contributed by atoms with Crippen LogP contribution in [-0.4, -0.2) is 31.1 Å². The van der Waals surface area contributed by atoms with E-state index in [2.05, 4.69) is 5.32 Å². The maximum Gasteiger partial charge on any atom is 0.335 e. The van der Waals surface area contributed by atoms with Gasteiger partial charge in [-0.15, -0.1) is 0 Å². The van der Waals surface area contributed by atoms with Crippen molar-refractivity contribution in [3.63, 3.8) is 0 Å². The van der Waals surface area contributed by atoms with E-state index in [0.29, 0.717) is 35.3 Å². The number of fused-ring (bicyclic) bond motifs is 1. The Kier molecular flexibility index (Phi) is 6.77. The molecule has 0 radical (unpaired) electrons. The van der Waals surface area contributed by atoms with Crippen molar-refractivity contribution in [2.24, 2.45) is 0 Å². The molecule has 0 aliphatic carbocycles. The smallest absolute Gasteiger partial charge is 0.335 e. The zero-order valence-corrected chi connectivity index (χ0v) is 19.9. The second-order valence-corrected chi connectivity index (χ2v) is 8.12. The summed E-state index contributed by atoms with van der Waals surface area (Å²) in [5.41, 5.74) is 0.366. The molecule has 1 aliphatic rings. The highest BCUT2D eigenvalue weighted by Gasteiger charge is 2.38. The number of rotatable bonds is 6. The summed E-state index contributed by atoms with van der Waals surface area (Å²) >= 11 is 12.2. The number of benzene rings is 3. The molecule has 1 fully saturated rings. The van der Waals surface area contributed by atoms with E-state index < -0.39 is 17.8 Å². The number of urea groups is 1. The lowest BCUT2D eigenvalue weighted by atomic mass is 9.99. The zero-order valence-electron chi connectivity index (χ0n) is 18.4. The fourth-order valence-corrected chi connectivity index (χ4v) is 4.16. The first kappa shape index (κ1) is 23.6. The molecule has 0 saturated carbocycles. The lowest BCUT2D eigenvalue weighted by Gasteiger charge is -2.27. The quantitative estimate of drug-likeness (QED) is 0.352. The normalized spacial score (nSPS) is 15.1. The molecular formula is C25H20Cl2N2O5. The summed E-state index contributed by atoms with van der Waals surface area (Å²) in [7, 11) is 0. The van der Waals surface area contributed by atoms with E-state index in [1.54, 1.807) is 6.07 Å². The van der Waals surface area contributed by atoms with E-state index in [1.165, 1.54) is 24.3 Å². The molecule has 174 valence electrons. The van der Waals surface area contributed by atoms with Crippen LogP contribution in [0.25, 0.3) is 16.8 Å². The van der Waals surface area contributed by atoms with Crippen LogP contribution in [0, 0.1) is 0 Å². The number of carbonyl (C=O) groups is 3. The summed E-state index contributed by atoms with van der Waals surface area (Å²) in [5, 5.41) is 4.21. The summed E-state index contributed by atoms with van der Waals surface area (Å²) in [5.74, 6) is -0.535. The number of halogens is 2. The highest BCUT2D eigenvalue weighted by molar-refractivity contribution is 6.43. The number of carbonyl (C=O) groups excluding carboxylic acids is 3. The molecule has 1 aliphatic heterocycles. The topological polar surface area (TPSA) is 84.9 Å². The number of imide groups is 2. The van der Waals surface area contributed by atoms with Gasteiger partial charge in [0.25, 0.3) is 11.8 Å². The van der Waals surface area contributed by atoms with Gasteiger partial charge in [-0.1, -0.05) is 35.3 Å². The monoisotopic (exact) mass is 498 g/mol. The molecule has 1 N–H and O–H groups in total. The Balaban J connectivity index is 1.89. The minimum atomic E-state index is -0.905. The van der Waals surface area contributed by atoms with E-state index in [1.807, 2.05) is 38.1 Å². The van der Waals surface area contributed by atoms with Gasteiger partial charge in [0.2, 0.25) is 0 Å². The third kappa shape index (κ3) is 4.44. The largest absolute Gasteiger partial charge is 0.494 e. The fourth-order valence-electron chi connectivity index (χ4n) is 3.67. The van der Waals surface area contributed by atoms with Crippen LogP contribution in [0.4, 0.5) is 10.5 Å². The minimum absolute atomic E-state index is 0.0891. The molecule has 1 heterocycles. The Hall–Kier alpha value is -3.55. The van der Waals surface area contributed by atoms with Crippen LogP contribution >= 0.6 is 23.2 Å². The standard InChI is InChI=1S/C25H20Cl2N2O5/c1-3-33-16-8-5-14-6-10-22(34-4-2)18(17(14)12-16)13-19-23(30)28-25(32)29(24(19)31)21-9-7-15(26)11-20(21)27/h5-13H,3-4H2,1-2H3,(H,28,30,32)/b19-13+. The summed E-state index contributed by atoms with van der Waals surface area (Å²) in [6, 6.07) is 12.6. The maximum absolute atomic E-state index is 13.4. The van der Waals surface area contributed by atoms with Gasteiger partial charge < -0.3 is 9.47 Å². The molecule has 9 heteroatoms. The second kappa shape index (κ2) is 9.75. The molecule has 1 saturated heterocycles. The van der Waals surface area contributed by atoms with Gasteiger partial charge in [0.1, 0.15) is 17.1 Å². The van der Waals surface area contributed by atoms with Crippen LogP contribution in [0.1, 0.15) is 19.4 Å². The van der Waals surface area contributed by atoms with Gasteiger partial charge >= 0.3 is 6.03 Å². The Morgan fingerprint density at radius 1 is 0.941 bits per heavy atom. The van der Waals surface area contributed by atoms with Crippen LogP contribution in [-0.2, 0) is 9.59 Å². The lowest BCUT2D eigenvalue weighted by molar-refractivity contribution is -0.122. The summed E-state index contributed by atoms with van der Waals surface area (Å²) in [6.07, 6.45) is 1.42. The van der Waals surface area contributed by atoms with Crippen molar-refractivity contribution in [1.82, 2.24) is 5.32 Å². The first-order chi connectivity index (χ1) is 16.3. The van der Waals surface area contributed by atoms with Crippen molar-refractivity contribution in [2.75, 3.05) is 18.1 Å². The third-order valence-electron chi connectivity index (χ3n) is 5.15. The predicted molar refractivity (Wildman–Crippen MR) is 132 cm³/mol. The molecule has 0 atom stereocenters. The summed E-state index contributed by atoms with van der Waals surface area (Å²) < 4.78 is 11.4. The van der Waals surface area contributed by atoms with Crippen molar-refractivity contribution >= 4 is 63.6 Å². The number of hydrogen-bond acceptors (Lipinski definition) is 5. The van der Waals surface area contributed by atoms with Crippen molar-refractivity contribution in [3.05, 3.63) is 69.7 Å². The van der Waals surface area contributed by atoms with Gasteiger partial charge in [0.15, 0.2) is 0 Å². The Labute approximate surface area is 205 Å². The van der Waals surface area contributed by atoms with E-state index >= 15 is 0 Å². The van der Waals surface area contributed by atoms with Crippen molar-refractivity contribution in [1.29, 1.82) is 0 Å². The molecule has 3 aromatic carbocycles. The number of nitrogens with one attached hydrogen (secondary N) is 1. The van der Waals surface area contributed by atoms with Crippen LogP contribution in [0.15, 0.2) is 54.1 Å². The van der Waals surface area contributed by atoms with Crippen LogP contribution in [0.3, 0.4) is 0 Å². The number of ether oxygens (including phenoxy) is 2. The van der Waals surface area contributed by atoms with E-state index in [9.17, 15) is 14.4 Å². The molecule has 0 bridgehead atoms. The minimum Gasteiger partial charge on any atom is -0.494 e. The third-order valence-corrected chi connectivity index (χ3v) is 5.68. The van der Waals surface area contributed by atoms with Crippen LogP contribution in [0.5, 0.6) is 11.5 Å². The number of barbiturate groups is 1. The molecular weight excluding hydrogens is 479 g/mol. The molecule has 7 nitrogen and oxygen atoms in total. The highest BCUT2D eigenvalue weighted by atomic mass is 35.5. The first-order valence-electron chi connectivity index (χ1n) is 10.5. The van der Waals surface area contributed by atoms with E-state index in [4.69, 9.17) is 32.7 Å². The van der Waals surface area contributed by atoms with Crippen LogP contribution in [0.2, 0.25) is 10.0 Å². The maximum atomic E-state index is 13.4. The molecule has 0 spiro atoms. The van der Waals surface area contributed by atoms with Gasteiger partial charge in [0.05, 0.1) is 23.9 Å². The van der Waals surface area contributed by atoms with Crippen molar-refractivity contribution in [3.8, 4) is 11.5 Å². The SMILES string of the molecule is CCOc1ccc2ccc(OCC)c(/C=C3\C(=O)NC(=O)N(c4ccc(Cl)cc4Cl)C3=O)c2c1. The Bertz CT molecular complexity index is 1350. The lowest BCUT2D eigenvalue weighted by Crippen LogP contribution is -2.54. The highest BCUT2D eigenvalue weighted by Crippen LogP contribution is 2.35. The fraction of sp³-hybridized carbons (Fsp3) is 0.160. The van der Waals surface area contributed by atoms with Gasteiger partial charge in [-0.25, -0.2) is 9.69 Å². The number of amides is 4. The predicted octanol–water partition coefficient (Wildman–Crippen LogP) is 5.61. The molecule has 0 aromatic heterocycles. The molecule has 3 aromatic rings. The Morgan fingerprint density at radius 2 is 1.68 bits per heavy atom. The van der Waals surface area contributed by atoms with E-state index in [0.717, 1.165) is 15.7 Å². The van der Waals surface area contributed by atoms with Gasteiger partial charge in [-0.2, -0.15) is 0 Å². The van der Waals surface area contributed by atoms with Crippen LogP contribution < -0.4 is 19.7 Å². The van der Waals surface area contributed by atoms with E-state index in [-0.39, 0.29) is 16.3 Å². The first-order valence-corrected chi connectivity index (χ1v) is 11.3. The molecule has 34 heavy (non-hydrogen) atoms. The van der Waals surface area contributed by atoms with Gasteiger partial charge in [0, 0.05) is 10.6 Å². The second-order valence-electron chi connectivity index (χ2n) is 7.28. The number of hydrogen-bond donors (Lipinski definition) is 1. The zero-order chi connectivity index (χ0) is 24.4.